The van der Waals surface area contributed by atoms with Crippen molar-refractivity contribution in [2.45, 2.75) is 44.2 Å². The summed E-state index contributed by atoms with van der Waals surface area (Å²) in [5.41, 5.74) is 2.65. The van der Waals surface area contributed by atoms with Crippen LogP contribution < -0.4 is 0 Å². The van der Waals surface area contributed by atoms with Gasteiger partial charge >= 0.3 is 0 Å². The molecule has 1 saturated heterocycles. The van der Waals surface area contributed by atoms with E-state index in [1.54, 1.807) is 20.0 Å². The van der Waals surface area contributed by atoms with Crippen LogP contribution in [0.3, 0.4) is 0 Å². The Morgan fingerprint density at radius 1 is 1.19 bits per heavy atom. The lowest BCUT2D eigenvalue weighted by atomic mass is 10.0. The van der Waals surface area contributed by atoms with Crippen molar-refractivity contribution in [3.63, 3.8) is 0 Å². The zero-order valence-electron chi connectivity index (χ0n) is 15.6. The van der Waals surface area contributed by atoms with Gasteiger partial charge in [0.2, 0.25) is 0 Å². The molecule has 1 amide bonds. The molecule has 9 nitrogen and oxygen atoms in total. The molecule has 2 aliphatic heterocycles. The van der Waals surface area contributed by atoms with Crippen molar-refractivity contribution >= 4 is 15.9 Å². The Kier molecular flexibility index (Phi) is 4.55. The van der Waals surface area contributed by atoms with Crippen LogP contribution in [0.4, 0.5) is 0 Å². The van der Waals surface area contributed by atoms with Crippen molar-refractivity contribution in [1.29, 1.82) is 0 Å². The molecule has 0 radical (unpaired) electrons. The number of aromatic amines is 1. The predicted molar refractivity (Wildman–Crippen MR) is 97.6 cm³/mol. The Morgan fingerprint density at radius 2 is 1.93 bits per heavy atom. The number of sulfonamides is 1. The molecule has 1 N–H and O–H groups in total. The highest BCUT2D eigenvalue weighted by Gasteiger charge is 2.34. The molecule has 0 spiro atoms. The molecule has 4 heterocycles. The number of likely N-dealkylation sites (tertiary alicyclic amines) is 1. The number of nitrogens with one attached hydrogen (secondary N) is 1. The number of rotatable bonds is 3. The molecule has 4 rings (SSSR count). The third-order valence-electron chi connectivity index (χ3n) is 5.31. The Morgan fingerprint density at radius 3 is 2.59 bits per heavy atom. The largest absolute Gasteiger partial charge is 0.337 e. The van der Waals surface area contributed by atoms with Crippen LogP contribution in [-0.4, -0.2) is 63.1 Å². The van der Waals surface area contributed by atoms with Gasteiger partial charge in [0.05, 0.1) is 17.9 Å². The van der Waals surface area contributed by atoms with E-state index in [-0.39, 0.29) is 17.5 Å². The number of nitrogens with zero attached hydrogens (tertiary/aromatic N) is 5. The second-order valence-corrected chi connectivity index (χ2v) is 9.10. The Labute approximate surface area is 158 Å². The summed E-state index contributed by atoms with van der Waals surface area (Å²) in [5, 5.41) is 11.4. The molecule has 146 valence electrons. The number of fused-ring (bicyclic) bond motifs is 1. The molecular formula is C17H24N6O3S. The van der Waals surface area contributed by atoms with Crippen LogP contribution in [0.1, 0.15) is 46.7 Å². The number of hydrogen-bond donors (Lipinski definition) is 1. The van der Waals surface area contributed by atoms with Gasteiger partial charge in [-0.2, -0.15) is 14.5 Å². The number of aryl methyl sites for hydroxylation is 2. The van der Waals surface area contributed by atoms with Crippen LogP contribution in [-0.2, 0) is 30.0 Å². The molecule has 27 heavy (non-hydrogen) atoms. The van der Waals surface area contributed by atoms with Gasteiger partial charge in [0.25, 0.3) is 15.9 Å². The molecule has 10 heteroatoms. The second-order valence-electron chi connectivity index (χ2n) is 7.22. The predicted octanol–water partition coefficient (Wildman–Crippen LogP) is 0.825. The number of amides is 1. The van der Waals surface area contributed by atoms with Crippen molar-refractivity contribution in [3.8, 4) is 0 Å². The normalized spacial score (nSPS) is 18.5. The van der Waals surface area contributed by atoms with E-state index >= 15 is 0 Å². The van der Waals surface area contributed by atoms with Gasteiger partial charge in [-0.3, -0.25) is 14.6 Å². The molecule has 2 aromatic heterocycles. The molecule has 0 aliphatic carbocycles. The van der Waals surface area contributed by atoms with Crippen LogP contribution in [0.15, 0.2) is 11.1 Å². The summed E-state index contributed by atoms with van der Waals surface area (Å²) in [4.78, 5) is 14.6. The Balaban J connectivity index is 1.57. The van der Waals surface area contributed by atoms with E-state index in [9.17, 15) is 13.2 Å². The van der Waals surface area contributed by atoms with Gasteiger partial charge in [-0.1, -0.05) is 0 Å². The maximum Gasteiger partial charge on any atom is 0.274 e. The highest BCUT2D eigenvalue weighted by molar-refractivity contribution is 7.89. The van der Waals surface area contributed by atoms with Crippen LogP contribution in [0.25, 0.3) is 0 Å². The summed E-state index contributed by atoms with van der Waals surface area (Å²) in [7, 11) is -2.03. The lowest BCUT2D eigenvalue weighted by Crippen LogP contribution is -2.38. The second kappa shape index (κ2) is 6.75. The molecule has 0 bridgehead atoms. The summed E-state index contributed by atoms with van der Waals surface area (Å²) in [6, 6.07) is 1.57. The van der Waals surface area contributed by atoms with E-state index in [0.717, 1.165) is 37.9 Å². The maximum absolute atomic E-state index is 13.0. The molecule has 0 atom stereocenters. The molecular weight excluding hydrogens is 368 g/mol. The first-order valence-electron chi connectivity index (χ1n) is 9.24. The fraction of sp³-hybridized carbons (Fsp3) is 0.588. The summed E-state index contributed by atoms with van der Waals surface area (Å²) < 4.78 is 28.8. The smallest absolute Gasteiger partial charge is 0.274 e. The topological polar surface area (TPSA) is 104 Å². The first kappa shape index (κ1) is 18.2. The molecule has 0 saturated carbocycles. The van der Waals surface area contributed by atoms with Gasteiger partial charge in [0.15, 0.2) is 10.7 Å². The highest BCUT2D eigenvalue weighted by Crippen LogP contribution is 2.27. The van der Waals surface area contributed by atoms with E-state index in [2.05, 4.69) is 15.3 Å². The summed E-state index contributed by atoms with van der Waals surface area (Å²) in [6.45, 7) is 3.80. The number of H-pyrrole nitrogens is 1. The molecule has 0 aromatic carbocycles. The molecule has 2 aliphatic rings. The van der Waals surface area contributed by atoms with E-state index in [1.165, 1.54) is 8.99 Å². The fourth-order valence-corrected chi connectivity index (χ4v) is 5.47. The lowest BCUT2D eigenvalue weighted by Gasteiger charge is -2.28. The van der Waals surface area contributed by atoms with Gasteiger partial charge in [-0.15, -0.1) is 0 Å². The summed E-state index contributed by atoms with van der Waals surface area (Å²) in [6.07, 6.45) is 3.67. The molecule has 2 aromatic rings. The van der Waals surface area contributed by atoms with E-state index in [4.69, 9.17) is 0 Å². The minimum atomic E-state index is -3.66. The standard InChI is InChI=1S/C17H24N6O3S/c1-12-10-15(21(2)20-12)27(25,26)23-9-6-13-14(11-23)18-19-16(13)17(24)22-7-4-3-5-8-22/h10H,3-9,11H2,1-2H3,(H,18,19). The average Bonchev–Trinajstić information content (AvgIpc) is 3.24. The zero-order chi connectivity index (χ0) is 19.2. The average molecular weight is 392 g/mol. The van der Waals surface area contributed by atoms with Gasteiger partial charge < -0.3 is 4.90 Å². The quantitative estimate of drug-likeness (QED) is 0.833. The molecule has 1 fully saturated rings. The summed E-state index contributed by atoms with van der Waals surface area (Å²) in [5.74, 6) is -0.0502. The van der Waals surface area contributed by atoms with Crippen LogP contribution >= 0.6 is 0 Å². The Bertz CT molecular complexity index is 971. The highest BCUT2D eigenvalue weighted by atomic mass is 32.2. The van der Waals surface area contributed by atoms with Crippen molar-refractivity contribution in [1.82, 2.24) is 29.2 Å². The minimum Gasteiger partial charge on any atom is -0.337 e. The van der Waals surface area contributed by atoms with Crippen LogP contribution in [0.5, 0.6) is 0 Å². The maximum atomic E-state index is 13.0. The first-order chi connectivity index (χ1) is 12.9. The third-order valence-corrected chi connectivity index (χ3v) is 7.21. The van der Waals surface area contributed by atoms with E-state index in [1.807, 2.05) is 4.90 Å². The number of carbonyl (C=O) groups excluding carboxylic acids is 1. The van der Waals surface area contributed by atoms with Gasteiger partial charge in [-0.05, 0) is 38.7 Å². The third kappa shape index (κ3) is 3.16. The number of hydrogen-bond acceptors (Lipinski definition) is 5. The number of carbonyl (C=O) groups is 1. The van der Waals surface area contributed by atoms with Crippen LogP contribution in [0, 0.1) is 6.92 Å². The molecule has 0 unspecified atom stereocenters. The number of piperidine rings is 1. The zero-order valence-corrected chi connectivity index (χ0v) is 16.4. The van der Waals surface area contributed by atoms with Crippen molar-refractivity contribution in [2.24, 2.45) is 7.05 Å². The SMILES string of the molecule is Cc1cc(S(=O)(=O)N2CCc3c(C(=O)N4CCCCC4)n[nH]c3C2)n(C)n1. The van der Waals surface area contributed by atoms with Crippen molar-refractivity contribution < 1.29 is 13.2 Å². The lowest BCUT2D eigenvalue weighted by molar-refractivity contribution is 0.0717. The first-order valence-corrected chi connectivity index (χ1v) is 10.7. The summed E-state index contributed by atoms with van der Waals surface area (Å²) >= 11 is 0. The van der Waals surface area contributed by atoms with Crippen molar-refractivity contribution in [3.05, 3.63) is 28.7 Å². The Hall–Kier alpha value is -2.20. The van der Waals surface area contributed by atoms with Gasteiger partial charge in [0, 0.05) is 32.2 Å². The van der Waals surface area contributed by atoms with Crippen LogP contribution in [0.2, 0.25) is 0 Å². The van der Waals surface area contributed by atoms with Crippen molar-refractivity contribution in [2.75, 3.05) is 19.6 Å². The fourth-order valence-electron chi connectivity index (χ4n) is 3.88. The monoisotopic (exact) mass is 392 g/mol. The van der Waals surface area contributed by atoms with E-state index in [0.29, 0.717) is 30.0 Å². The van der Waals surface area contributed by atoms with Gasteiger partial charge in [0.1, 0.15) is 0 Å². The minimum absolute atomic E-state index is 0.0502. The number of aromatic nitrogens is 4. The van der Waals surface area contributed by atoms with E-state index < -0.39 is 10.0 Å². The van der Waals surface area contributed by atoms with Gasteiger partial charge in [-0.25, -0.2) is 8.42 Å².